The molecule has 0 aromatic rings. The Morgan fingerprint density at radius 3 is 1.84 bits per heavy atom. The van der Waals surface area contributed by atoms with Gasteiger partial charge in [0.25, 0.3) is 0 Å². The summed E-state index contributed by atoms with van der Waals surface area (Å²) in [5.74, 6) is -6.54. The molecule has 0 aromatic heterocycles. The lowest BCUT2D eigenvalue weighted by Crippen LogP contribution is -2.39. The topological polar surface area (TPSA) is 141 Å². The summed E-state index contributed by atoms with van der Waals surface area (Å²) < 4.78 is 5.26. The summed E-state index contributed by atoms with van der Waals surface area (Å²) in [5, 5.41) is 38.5. The first-order chi connectivity index (χ1) is 17.6. The maximum atomic E-state index is 12.2. The van der Waals surface area contributed by atoms with Gasteiger partial charge in [0.2, 0.25) is 0 Å². The highest BCUT2D eigenvalue weighted by atomic mass is 16.5. The molecule has 0 amide bonds. The molecule has 0 heterocycles. The van der Waals surface area contributed by atoms with E-state index >= 15 is 0 Å². The first-order valence-corrected chi connectivity index (χ1v) is 13.9. The van der Waals surface area contributed by atoms with Gasteiger partial charge in [-0.05, 0) is 58.8 Å². The summed E-state index contributed by atoms with van der Waals surface area (Å²) in [5.41, 5.74) is 0. The van der Waals surface area contributed by atoms with E-state index in [0.717, 1.165) is 44.9 Å². The van der Waals surface area contributed by atoms with Crippen molar-refractivity contribution in [2.45, 2.75) is 116 Å². The molecule has 0 spiro atoms. The standard InChI is InChI=1S/C29H50O8/c1-4-5-6-7-8-9-10-11-12-13-14-15-16-17-18-19-26(32)37-21-24(27(23(3)31)29(35)36)20-25(22(2)30)28(33)34/h8-9,11-12,22-25,27,30-31H,4-7,10,13-21H2,1-3H3,(H,33,34)(H,35,36)/b9-8-,12-11-. The maximum Gasteiger partial charge on any atom is 0.309 e. The van der Waals surface area contributed by atoms with Crippen molar-refractivity contribution in [2.75, 3.05) is 6.61 Å². The average Bonchev–Trinajstić information content (AvgIpc) is 2.82. The van der Waals surface area contributed by atoms with Crippen LogP contribution < -0.4 is 0 Å². The van der Waals surface area contributed by atoms with Crippen molar-refractivity contribution in [3.63, 3.8) is 0 Å². The van der Waals surface area contributed by atoms with E-state index in [2.05, 4.69) is 31.2 Å². The number of carbonyl (C=O) groups excluding carboxylic acids is 1. The van der Waals surface area contributed by atoms with Crippen molar-refractivity contribution in [1.82, 2.24) is 0 Å². The summed E-state index contributed by atoms with van der Waals surface area (Å²) in [6.45, 7) is 4.50. The lowest BCUT2D eigenvalue weighted by Gasteiger charge is -2.28. The van der Waals surface area contributed by atoms with E-state index < -0.39 is 47.9 Å². The molecule has 0 aromatic carbocycles. The molecule has 0 aliphatic carbocycles. The molecule has 0 aliphatic heterocycles. The number of aliphatic hydroxyl groups is 2. The lowest BCUT2D eigenvalue weighted by molar-refractivity contribution is -0.158. The van der Waals surface area contributed by atoms with E-state index in [-0.39, 0.29) is 19.4 Å². The second kappa shape index (κ2) is 21.9. The third-order valence-electron chi connectivity index (χ3n) is 6.56. The van der Waals surface area contributed by atoms with E-state index in [1.165, 1.54) is 33.1 Å². The van der Waals surface area contributed by atoms with E-state index in [1.807, 2.05) is 0 Å². The van der Waals surface area contributed by atoms with Gasteiger partial charge in [-0.2, -0.15) is 0 Å². The number of carboxylic acids is 2. The Morgan fingerprint density at radius 1 is 0.757 bits per heavy atom. The lowest BCUT2D eigenvalue weighted by atomic mass is 9.80. The zero-order valence-corrected chi connectivity index (χ0v) is 23.0. The van der Waals surface area contributed by atoms with Crippen LogP contribution in [-0.4, -0.2) is 57.1 Å². The number of unbranched alkanes of at least 4 members (excludes halogenated alkanes) is 8. The molecule has 0 fully saturated rings. The van der Waals surface area contributed by atoms with Gasteiger partial charge in [0, 0.05) is 12.3 Å². The normalized spacial score (nSPS) is 15.9. The number of ether oxygens (including phenoxy) is 1. The average molecular weight is 527 g/mol. The number of allylic oxidation sites excluding steroid dienone is 4. The van der Waals surface area contributed by atoms with Crippen LogP contribution in [0, 0.1) is 17.8 Å². The van der Waals surface area contributed by atoms with Gasteiger partial charge < -0.3 is 25.2 Å². The van der Waals surface area contributed by atoms with Gasteiger partial charge in [0.05, 0.1) is 30.7 Å². The number of hydrogen-bond acceptors (Lipinski definition) is 6. The minimum atomic E-state index is -1.32. The molecule has 0 saturated carbocycles. The number of rotatable bonds is 23. The van der Waals surface area contributed by atoms with E-state index in [4.69, 9.17) is 4.74 Å². The Kier molecular flexibility index (Phi) is 20.6. The molecule has 37 heavy (non-hydrogen) atoms. The summed E-state index contributed by atoms with van der Waals surface area (Å²) in [7, 11) is 0. The number of esters is 1. The quantitative estimate of drug-likeness (QED) is 0.0775. The fourth-order valence-corrected chi connectivity index (χ4v) is 4.30. The second-order valence-corrected chi connectivity index (χ2v) is 9.95. The van der Waals surface area contributed by atoms with Gasteiger partial charge in [-0.3, -0.25) is 14.4 Å². The monoisotopic (exact) mass is 526 g/mol. The van der Waals surface area contributed by atoms with Crippen LogP contribution in [0.1, 0.15) is 104 Å². The number of aliphatic carboxylic acids is 2. The van der Waals surface area contributed by atoms with Crippen molar-refractivity contribution in [3.8, 4) is 0 Å². The van der Waals surface area contributed by atoms with Crippen molar-refractivity contribution < 1.29 is 39.5 Å². The third kappa shape index (κ3) is 17.8. The van der Waals surface area contributed by atoms with Crippen LogP contribution in [0.25, 0.3) is 0 Å². The van der Waals surface area contributed by atoms with Crippen LogP contribution >= 0.6 is 0 Å². The molecule has 5 atom stereocenters. The molecule has 0 radical (unpaired) electrons. The highest BCUT2D eigenvalue weighted by Crippen LogP contribution is 2.27. The SMILES string of the molecule is CCCCC/C=C\C/C=C\CCCCCCCC(=O)OCC(CC(C(=O)O)C(C)O)C(C(=O)O)C(C)O. The van der Waals surface area contributed by atoms with Crippen LogP contribution in [0.2, 0.25) is 0 Å². The second-order valence-electron chi connectivity index (χ2n) is 9.95. The highest BCUT2D eigenvalue weighted by Gasteiger charge is 2.37. The predicted molar refractivity (Wildman–Crippen MR) is 144 cm³/mol. The van der Waals surface area contributed by atoms with Gasteiger partial charge >= 0.3 is 17.9 Å². The van der Waals surface area contributed by atoms with Crippen molar-refractivity contribution in [1.29, 1.82) is 0 Å². The van der Waals surface area contributed by atoms with E-state index in [0.29, 0.717) is 6.42 Å². The minimum Gasteiger partial charge on any atom is -0.481 e. The van der Waals surface area contributed by atoms with Gasteiger partial charge in [-0.1, -0.05) is 63.3 Å². The summed E-state index contributed by atoms with van der Waals surface area (Å²) in [6, 6.07) is 0. The maximum absolute atomic E-state index is 12.2. The van der Waals surface area contributed by atoms with Crippen LogP contribution in [0.15, 0.2) is 24.3 Å². The number of hydrogen-bond donors (Lipinski definition) is 4. The molecule has 214 valence electrons. The smallest absolute Gasteiger partial charge is 0.309 e. The number of carbonyl (C=O) groups is 3. The van der Waals surface area contributed by atoms with Crippen LogP contribution in [0.4, 0.5) is 0 Å². The van der Waals surface area contributed by atoms with Crippen LogP contribution in [0.5, 0.6) is 0 Å². The van der Waals surface area contributed by atoms with Gasteiger partial charge in [0.15, 0.2) is 0 Å². The molecule has 4 N–H and O–H groups in total. The van der Waals surface area contributed by atoms with Gasteiger partial charge in [0.1, 0.15) is 0 Å². The molecular weight excluding hydrogens is 476 g/mol. The van der Waals surface area contributed by atoms with Gasteiger partial charge in [-0.15, -0.1) is 0 Å². The molecule has 8 heteroatoms. The van der Waals surface area contributed by atoms with E-state index in [9.17, 15) is 34.8 Å². The first-order valence-electron chi connectivity index (χ1n) is 13.9. The van der Waals surface area contributed by atoms with Crippen LogP contribution in [0.3, 0.4) is 0 Å². The zero-order chi connectivity index (χ0) is 28.1. The molecule has 0 aliphatic rings. The fraction of sp³-hybridized carbons (Fsp3) is 0.759. The largest absolute Gasteiger partial charge is 0.481 e. The Bertz CT molecular complexity index is 683. The van der Waals surface area contributed by atoms with Crippen molar-refractivity contribution in [2.24, 2.45) is 17.8 Å². The van der Waals surface area contributed by atoms with Crippen molar-refractivity contribution in [3.05, 3.63) is 24.3 Å². The third-order valence-corrected chi connectivity index (χ3v) is 6.56. The molecule has 8 nitrogen and oxygen atoms in total. The Morgan fingerprint density at radius 2 is 1.32 bits per heavy atom. The van der Waals surface area contributed by atoms with Crippen molar-refractivity contribution >= 4 is 17.9 Å². The molecule has 0 rings (SSSR count). The number of carboxylic acid groups (broad SMARTS) is 2. The Balaban J connectivity index is 4.27. The highest BCUT2D eigenvalue weighted by molar-refractivity contribution is 5.73. The molecule has 5 unspecified atom stereocenters. The fourth-order valence-electron chi connectivity index (χ4n) is 4.30. The zero-order valence-electron chi connectivity index (χ0n) is 23.0. The van der Waals surface area contributed by atoms with E-state index in [1.54, 1.807) is 0 Å². The summed E-state index contributed by atoms with van der Waals surface area (Å²) >= 11 is 0. The van der Waals surface area contributed by atoms with Gasteiger partial charge in [-0.25, -0.2) is 0 Å². The van der Waals surface area contributed by atoms with Crippen LogP contribution in [-0.2, 0) is 19.1 Å². The number of aliphatic hydroxyl groups excluding tert-OH is 2. The Hall–Kier alpha value is -2.19. The first kappa shape index (κ1) is 34.8. The Labute approximate surface area is 222 Å². The molecule has 0 bridgehead atoms. The minimum absolute atomic E-state index is 0.197. The predicted octanol–water partition coefficient (Wildman–Crippen LogP) is 5.51. The molecular formula is C29H50O8. The summed E-state index contributed by atoms with van der Waals surface area (Å²) in [6.07, 6.45) is 18.1. The summed E-state index contributed by atoms with van der Waals surface area (Å²) in [4.78, 5) is 35.3. The molecule has 0 saturated heterocycles.